The Hall–Kier alpha value is -1.96. The Bertz CT molecular complexity index is 907. The number of amides is 1. The number of carbonyl (C=O) groups is 1. The quantitative estimate of drug-likeness (QED) is 0.281. The van der Waals surface area contributed by atoms with Crippen LogP contribution in [0.2, 0.25) is 0 Å². The van der Waals surface area contributed by atoms with E-state index < -0.39 is 59.2 Å². The van der Waals surface area contributed by atoms with Gasteiger partial charge >= 0.3 is 25.6 Å². The van der Waals surface area contributed by atoms with E-state index in [-0.39, 0.29) is 13.0 Å². The van der Waals surface area contributed by atoms with Crippen LogP contribution in [0.25, 0.3) is 0 Å². The van der Waals surface area contributed by atoms with Gasteiger partial charge in [0.2, 0.25) is 0 Å². The van der Waals surface area contributed by atoms with Crippen LogP contribution in [0.1, 0.15) is 85.5 Å². The van der Waals surface area contributed by atoms with Crippen molar-refractivity contribution in [3.63, 3.8) is 0 Å². The maximum atomic E-state index is 14.0. The number of halogens is 6. The zero-order chi connectivity index (χ0) is 27.7. The molecule has 1 aliphatic heterocycles. The van der Waals surface area contributed by atoms with Gasteiger partial charge in [-0.1, -0.05) is 12.8 Å². The number of unbranched alkanes of at least 4 members (excludes halogenated alkanes) is 3. The number of hydrogen-bond acceptors (Lipinski definition) is 5. The summed E-state index contributed by atoms with van der Waals surface area (Å²) < 4.78 is 99.9. The summed E-state index contributed by atoms with van der Waals surface area (Å²) in [5.41, 5.74) is -7.28. The van der Waals surface area contributed by atoms with Gasteiger partial charge in [0.15, 0.2) is 5.69 Å². The van der Waals surface area contributed by atoms with Crippen molar-refractivity contribution < 1.29 is 45.2 Å². The third-order valence-electron chi connectivity index (χ3n) is 5.98. The van der Waals surface area contributed by atoms with Crippen LogP contribution in [-0.2, 0) is 32.9 Å². The van der Waals surface area contributed by atoms with Crippen LogP contribution >= 0.6 is 0 Å². The second kappa shape index (κ2) is 10.4. The van der Waals surface area contributed by atoms with Crippen molar-refractivity contribution in [3.05, 3.63) is 11.4 Å². The summed E-state index contributed by atoms with van der Waals surface area (Å²) in [4.78, 5) is 11.6. The Morgan fingerprint density at radius 1 is 0.944 bits per heavy atom. The van der Waals surface area contributed by atoms with Crippen molar-refractivity contribution >= 4 is 18.7 Å². The Kier molecular flexibility index (Phi) is 8.77. The van der Waals surface area contributed by atoms with Crippen LogP contribution in [0.4, 0.5) is 31.1 Å². The smallest absolute Gasteiger partial charge is 0.444 e. The minimum atomic E-state index is -5.14. The molecular weight excluding hydrogens is 495 g/mol. The molecule has 0 radical (unpaired) electrons. The van der Waals surface area contributed by atoms with Crippen LogP contribution in [0.5, 0.6) is 0 Å². The van der Waals surface area contributed by atoms with Crippen LogP contribution < -0.4 is 10.8 Å². The van der Waals surface area contributed by atoms with Gasteiger partial charge in [-0.05, 0) is 61.3 Å². The molecule has 0 spiro atoms. The molecule has 36 heavy (non-hydrogen) atoms. The molecular formula is C22H34BF6N3O4. The van der Waals surface area contributed by atoms with Gasteiger partial charge in [-0.25, -0.2) is 4.79 Å². The third-order valence-corrected chi connectivity index (χ3v) is 5.98. The molecule has 1 saturated heterocycles. The van der Waals surface area contributed by atoms with Crippen LogP contribution in [0, 0.1) is 0 Å². The maximum absolute atomic E-state index is 14.0. The lowest BCUT2D eigenvalue weighted by atomic mass is 9.76. The first-order valence-electron chi connectivity index (χ1n) is 11.7. The first kappa shape index (κ1) is 30.3. The Morgan fingerprint density at radius 3 is 1.94 bits per heavy atom. The van der Waals surface area contributed by atoms with Gasteiger partial charge in [-0.15, -0.1) is 0 Å². The van der Waals surface area contributed by atoms with E-state index in [1.165, 1.54) is 27.7 Å². The molecule has 1 aromatic rings. The number of alkyl halides is 6. The fourth-order valence-electron chi connectivity index (χ4n) is 3.57. The standard InChI is InChI=1S/C22H34BF6N3O4/c1-18(2,3)34-17(33)30-12-10-8-9-11-13-32-16(22(27,28)29)14(15(31-32)21(24,25)26)23-35-19(4,5)20(6,7)36-23/h8-13H2,1-7H3,(H,30,33). The number of rotatable bonds is 8. The summed E-state index contributed by atoms with van der Waals surface area (Å²) >= 11 is 0. The largest absolute Gasteiger partial charge is 0.499 e. The second-order valence-corrected chi connectivity index (χ2v) is 10.8. The first-order valence-corrected chi connectivity index (χ1v) is 11.7. The lowest BCUT2D eigenvalue weighted by Gasteiger charge is -2.32. The van der Waals surface area contributed by atoms with Crippen molar-refractivity contribution in [2.45, 2.75) is 110 Å². The number of nitrogens with one attached hydrogen (secondary N) is 1. The van der Waals surface area contributed by atoms with Gasteiger partial charge in [0.25, 0.3) is 0 Å². The molecule has 1 amide bonds. The molecule has 1 fully saturated rings. The lowest BCUT2D eigenvalue weighted by Crippen LogP contribution is -2.42. The third kappa shape index (κ3) is 7.53. The molecule has 0 unspecified atom stereocenters. The highest BCUT2D eigenvalue weighted by Crippen LogP contribution is 2.40. The van der Waals surface area contributed by atoms with Gasteiger partial charge < -0.3 is 19.4 Å². The average Bonchev–Trinajstić information content (AvgIpc) is 3.14. The first-order chi connectivity index (χ1) is 16.2. The molecule has 1 N–H and O–H groups in total. The van der Waals surface area contributed by atoms with E-state index in [2.05, 4.69) is 10.4 Å². The number of nitrogens with zero attached hydrogens (tertiary/aromatic N) is 2. The van der Waals surface area contributed by atoms with E-state index in [4.69, 9.17) is 14.0 Å². The van der Waals surface area contributed by atoms with Crippen molar-refractivity contribution in [3.8, 4) is 0 Å². The average molecular weight is 529 g/mol. The summed E-state index contributed by atoms with van der Waals surface area (Å²) in [6.45, 7) is 11.2. The van der Waals surface area contributed by atoms with Crippen LogP contribution in [-0.4, -0.2) is 46.3 Å². The molecule has 2 rings (SSSR count). The maximum Gasteiger partial charge on any atom is 0.499 e. The molecule has 2 heterocycles. The highest BCUT2D eigenvalue weighted by Gasteiger charge is 2.58. The lowest BCUT2D eigenvalue weighted by molar-refractivity contribution is -0.143. The van der Waals surface area contributed by atoms with E-state index in [0.29, 0.717) is 30.5 Å². The number of hydrogen-bond donors (Lipinski definition) is 1. The monoisotopic (exact) mass is 529 g/mol. The Morgan fingerprint density at radius 2 is 1.47 bits per heavy atom. The number of ether oxygens (including phenoxy) is 1. The molecule has 1 aliphatic rings. The SMILES string of the molecule is CC(C)(C)OC(=O)NCCCCCCn1nc(C(F)(F)F)c(B2OC(C)(C)C(C)(C)O2)c1C(F)(F)F. The summed E-state index contributed by atoms with van der Waals surface area (Å²) in [6, 6.07) is 0. The molecule has 7 nitrogen and oxygen atoms in total. The molecule has 1 aromatic heterocycles. The minimum absolute atomic E-state index is 0.150. The predicted octanol–water partition coefficient (Wildman–Crippen LogP) is 5.31. The number of alkyl carbamates (subject to hydrolysis) is 1. The zero-order valence-corrected chi connectivity index (χ0v) is 21.6. The molecule has 206 valence electrons. The van der Waals surface area contributed by atoms with Gasteiger partial charge in [0.05, 0.1) is 11.2 Å². The van der Waals surface area contributed by atoms with Crippen molar-refractivity contribution in [2.75, 3.05) is 6.54 Å². The fraction of sp³-hybridized carbons (Fsp3) is 0.818. The van der Waals surface area contributed by atoms with E-state index >= 15 is 0 Å². The van der Waals surface area contributed by atoms with Gasteiger partial charge in [-0.2, -0.15) is 31.4 Å². The normalized spacial score (nSPS) is 18.0. The van der Waals surface area contributed by atoms with E-state index in [1.54, 1.807) is 20.8 Å². The van der Waals surface area contributed by atoms with E-state index in [0.717, 1.165) is 0 Å². The summed E-state index contributed by atoms with van der Waals surface area (Å²) in [6.07, 6.45) is -9.21. The fourth-order valence-corrected chi connectivity index (χ4v) is 3.57. The molecule has 0 aliphatic carbocycles. The topological polar surface area (TPSA) is 74.6 Å². The molecule has 0 atom stereocenters. The second-order valence-electron chi connectivity index (χ2n) is 10.8. The minimum Gasteiger partial charge on any atom is -0.444 e. The Labute approximate surface area is 207 Å². The van der Waals surface area contributed by atoms with Gasteiger partial charge in [-0.3, -0.25) is 4.68 Å². The summed E-state index contributed by atoms with van der Waals surface area (Å²) in [7, 11) is -1.88. The van der Waals surface area contributed by atoms with E-state index in [9.17, 15) is 31.1 Å². The van der Waals surface area contributed by atoms with E-state index in [1.807, 2.05) is 0 Å². The van der Waals surface area contributed by atoms with Crippen LogP contribution in [0.15, 0.2) is 0 Å². The highest BCUT2D eigenvalue weighted by molar-refractivity contribution is 6.63. The predicted molar refractivity (Wildman–Crippen MR) is 121 cm³/mol. The number of aromatic nitrogens is 2. The highest BCUT2D eigenvalue weighted by atomic mass is 19.4. The van der Waals surface area contributed by atoms with Crippen LogP contribution in [0.3, 0.4) is 0 Å². The zero-order valence-electron chi connectivity index (χ0n) is 21.6. The number of aryl methyl sites for hydroxylation is 1. The number of carbonyl (C=O) groups excluding carboxylic acids is 1. The van der Waals surface area contributed by atoms with Crippen molar-refractivity contribution in [2.24, 2.45) is 0 Å². The van der Waals surface area contributed by atoms with Crippen molar-refractivity contribution in [1.29, 1.82) is 0 Å². The molecule has 0 bridgehead atoms. The van der Waals surface area contributed by atoms with Gasteiger partial charge in [0, 0.05) is 18.6 Å². The summed E-state index contributed by atoms with van der Waals surface area (Å²) in [5, 5.41) is 5.89. The molecule has 0 aromatic carbocycles. The molecule has 0 saturated carbocycles. The molecule has 14 heteroatoms. The van der Waals surface area contributed by atoms with Crippen molar-refractivity contribution in [1.82, 2.24) is 15.1 Å². The van der Waals surface area contributed by atoms with Gasteiger partial charge in [0.1, 0.15) is 11.3 Å². The Balaban J connectivity index is 2.13. The summed E-state index contributed by atoms with van der Waals surface area (Å²) in [5.74, 6) is 0.